The summed E-state index contributed by atoms with van der Waals surface area (Å²) in [5.41, 5.74) is 2.02. The summed E-state index contributed by atoms with van der Waals surface area (Å²) in [6.45, 7) is 3.43. The van der Waals surface area contributed by atoms with Crippen molar-refractivity contribution in [1.82, 2.24) is 20.4 Å². The van der Waals surface area contributed by atoms with E-state index in [1.54, 1.807) is 6.20 Å². The van der Waals surface area contributed by atoms with Gasteiger partial charge in [-0.05, 0) is 43.5 Å². The number of aromatic amines is 1. The van der Waals surface area contributed by atoms with Crippen LogP contribution in [-0.2, 0) is 11.2 Å². The van der Waals surface area contributed by atoms with Gasteiger partial charge < -0.3 is 10.2 Å². The van der Waals surface area contributed by atoms with Gasteiger partial charge in [0, 0.05) is 18.0 Å². The zero-order chi connectivity index (χ0) is 14.2. The molecule has 5 nitrogen and oxygen atoms in total. The molecule has 2 bridgehead atoms. The lowest BCUT2D eigenvalue weighted by Gasteiger charge is -2.44. The van der Waals surface area contributed by atoms with E-state index in [9.17, 15) is 4.79 Å². The van der Waals surface area contributed by atoms with Crippen LogP contribution in [0, 0.1) is 5.92 Å². The van der Waals surface area contributed by atoms with Crippen LogP contribution in [0.5, 0.6) is 0 Å². The maximum atomic E-state index is 12.3. The number of aromatic nitrogens is 2. The Morgan fingerprint density at radius 1 is 1.38 bits per heavy atom. The van der Waals surface area contributed by atoms with E-state index in [1.165, 1.54) is 25.9 Å². The van der Waals surface area contributed by atoms with E-state index in [0.29, 0.717) is 18.4 Å². The van der Waals surface area contributed by atoms with Crippen LogP contribution in [0.1, 0.15) is 18.4 Å². The number of fused-ring (bicyclic) bond motifs is 4. The van der Waals surface area contributed by atoms with Gasteiger partial charge in [0.2, 0.25) is 5.91 Å². The van der Waals surface area contributed by atoms with Gasteiger partial charge in [-0.25, -0.2) is 0 Å². The Balaban J connectivity index is 1.41. The molecule has 21 heavy (non-hydrogen) atoms. The number of hydrogen-bond donors (Lipinski definition) is 2. The second-order valence-electron chi connectivity index (χ2n) is 6.28. The molecule has 2 N–H and O–H groups in total. The third-order valence-corrected chi connectivity index (χ3v) is 4.87. The van der Waals surface area contributed by atoms with E-state index in [-0.39, 0.29) is 5.91 Å². The second-order valence-corrected chi connectivity index (χ2v) is 6.28. The first kappa shape index (κ1) is 12.8. The van der Waals surface area contributed by atoms with Gasteiger partial charge in [0.25, 0.3) is 0 Å². The first-order valence-corrected chi connectivity index (χ1v) is 7.72. The van der Waals surface area contributed by atoms with Crippen molar-refractivity contribution < 1.29 is 4.79 Å². The molecule has 5 heteroatoms. The van der Waals surface area contributed by atoms with Gasteiger partial charge in [-0.1, -0.05) is 12.1 Å². The van der Waals surface area contributed by atoms with E-state index < -0.39 is 0 Å². The van der Waals surface area contributed by atoms with Crippen molar-refractivity contribution in [3.63, 3.8) is 0 Å². The zero-order valence-corrected chi connectivity index (χ0v) is 12.0. The van der Waals surface area contributed by atoms with Crippen LogP contribution < -0.4 is 5.32 Å². The highest BCUT2D eigenvalue weighted by atomic mass is 16.1. The lowest BCUT2D eigenvalue weighted by Crippen LogP contribution is -2.57. The third-order valence-electron chi connectivity index (χ3n) is 4.87. The van der Waals surface area contributed by atoms with Crippen LogP contribution in [0.4, 0.5) is 0 Å². The smallest absolute Gasteiger partial charge is 0.224 e. The highest BCUT2D eigenvalue weighted by Crippen LogP contribution is 2.27. The van der Waals surface area contributed by atoms with Gasteiger partial charge in [-0.2, -0.15) is 5.10 Å². The van der Waals surface area contributed by atoms with Gasteiger partial charge in [0.15, 0.2) is 0 Å². The van der Waals surface area contributed by atoms with Crippen LogP contribution in [0.3, 0.4) is 0 Å². The summed E-state index contributed by atoms with van der Waals surface area (Å²) in [6, 6.07) is 6.37. The number of amides is 1. The molecule has 1 aromatic heterocycles. The van der Waals surface area contributed by atoms with Crippen LogP contribution in [-0.4, -0.2) is 46.7 Å². The first-order chi connectivity index (χ1) is 10.3. The van der Waals surface area contributed by atoms with E-state index in [1.807, 2.05) is 18.2 Å². The highest BCUT2D eigenvalue weighted by molar-refractivity contribution is 5.82. The average Bonchev–Trinajstić information content (AvgIpc) is 2.96. The number of carbonyl (C=O) groups excluding carboxylic acids is 1. The molecular formula is C16H20N4O. The summed E-state index contributed by atoms with van der Waals surface area (Å²) in [6.07, 6.45) is 4.70. The number of piperidine rings is 3. The fourth-order valence-electron chi connectivity index (χ4n) is 3.67. The predicted octanol–water partition coefficient (Wildman–Crippen LogP) is 1.32. The molecule has 3 fully saturated rings. The van der Waals surface area contributed by atoms with Crippen LogP contribution >= 0.6 is 0 Å². The molecule has 1 atom stereocenters. The van der Waals surface area contributed by atoms with Crippen molar-refractivity contribution >= 4 is 16.8 Å². The van der Waals surface area contributed by atoms with E-state index >= 15 is 0 Å². The summed E-state index contributed by atoms with van der Waals surface area (Å²) < 4.78 is 0. The molecule has 0 unspecified atom stereocenters. The van der Waals surface area contributed by atoms with Gasteiger partial charge in [0.05, 0.1) is 18.1 Å². The Hall–Kier alpha value is -1.88. The van der Waals surface area contributed by atoms with E-state index in [0.717, 1.165) is 23.0 Å². The average molecular weight is 284 g/mol. The normalized spacial score (nSPS) is 27.9. The lowest BCUT2D eigenvalue weighted by molar-refractivity contribution is -0.122. The van der Waals surface area contributed by atoms with Crippen molar-refractivity contribution in [2.45, 2.75) is 25.3 Å². The highest BCUT2D eigenvalue weighted by Gasteiger charge is 2.34. The Morgan fingerprint density at radius 3 is 3.00 bits per heavy atom. The Kier molecular flexibility index (Phi) is 3.15. The molecule has 110 valence electrons. The van der Waals surface area contributed by atoms with Crippen molar-refractivity contribution in [2.75, 3.05) is 19.6 Å². The van der Waals surface area contributed by atoms with Crippen LogP contribution in [0.2, 0.25) is 0 Å². The number of nitrogens with zero attached hydrogens (tertiary/aromatic N) is 2. The lowest BCUT2D eigenvalue weighted by atomic mass is 9.84. The maximum Gasteiger partial charge on any atom is 0.224 e. The van der Waals surface area contributed by atoms with Gasteiger partial charge in [0.1, 0.15) is 0 Å². The number of rotatable bonds is 3. The van der Waals surface area contributed by atoms with Crippen molar-refractivity contribution in [1.29, 1.82) is 0 Å². The molecule has 0 saturated carbocycles. The molecular weight excluding hydrogens is 264 g/mol. The monoisotopic (exact) mass is 284 g/mol. The molecule has 1 amide bonds. The molecule has 3 aliphatic rings. The van der Waals surface area contributed by atoms with Crippen LogP contribution in [0.15, 0.2) is 24.4 Å². The molecule has 0 spiro atoms. The number of hydrogen-bond acceptors (Lipinski definition) is 3. The molecule has 0 radical (unpaired) electrons. The summed E-state index contributed by atoms with van der Waals surface area (Å²) in [5.74, 6) is 0.807. The fourth-order valence-corrected chi connectivity index (χ4v) is 3.67. The zero-order valence-electron chi connectivity index (χ0n) is 12.0. The Morgan fingerprint density at radius 2 is 2.24 bits per heavy atom. The standard InChI is InChI=1S/C16H20N4O/c21-16(18-15-10-20-5-3-12(15)4-6-20)8-11-1-2-13-9-17-19-14(13)7-11/h1-2,7,9,12,15H,3-6,8,10H2,(H,17,19)(H,18,21)/t15-/m0/s1. The summed E-state index contributed by atoms with van der Waals surface area (Å²) >= 11 is 0. The quantitative estimate of drug-likeness (QED) is 0.893. The topological polar surface area (TPSA) is 61.0 Å². The number of carbonyl (C=O) groups is 1. The van der Waals surface area contributed by atoms with Gasteiger partial charge in [-0.3, -0.25) is 9.89 Å². The maximum absolute atomic E-state index is 12.3. The minimum atomic E-state index is 0.132. The number of benzene rings is 1. The largest absolute Gasteiger partial charge is 0.352 e. The van der Waals surface area contributed by atoms with Crippen LogP contribution in [0.25, 0.3) is 10.9 Å². The molecule has 3 saturated heterocycles. The number of nitrogens with one attached hydrogen (secondary N) is 2. The van der Waals surface area contributed by atoms with Crippen molar-refractivity contribution in [3.8, 4) is 0 Å². The minimum absolute atomic E-state index is 0.132. The molecule has 3 aliphatic heterocycles. The predicted molar refractivity (Wildman–Crippen MR) is 80.9 cm³/mol. The minimum Gasteiger partial charge on any atom is -0.352 e. The fraction of sp³-hybridized carbons (Fsp3) is 0.500. The second kappa shape index (κ2) is 5.15. The molecule has 1 aromatic carbocycles. The third kappa shape index (κ3) is 2.53. The Bertz CT molecular complexity index is 657. The Labute approximate surface area is 123 Å². The number of H-pyrrole nitrogens is 1. The van der Waals surface area contributed by atoms with Gasteiger partial charge >= 0.3 is 0 Å². The summed E-state index contributed by atoms with van der Waals surface area (Å²) in [4.78, 5) is 14.7. The van der Waals surface area contributed by atoms with Crippen molar-refractivity contribution in [2.24, 2.45) is 5.92 Å². The summed E-state index contributed by atoms with van der Waals surface area (Å²) in [7, 11) is 0. The summed E-state index contributed by atoms with van der Waals surface area (Å²) in [5, 5.41) is 11.3. The van der Waals surface area contributed by atoms with Gasteiger partial charge in [-0.15, -0.1) is 0 Å². The van der Waals surface area contributed by atoms with Crippen molar-refractivity contribution in [3.05, 3.63) is 30.0 Å². The van der Waals surface area contributed by atoms with E-state index in [4.69, 9.17) is 0 Å². The van der Waals surface area contributed by atoms with E-state index in [2.05, 4.69) is 20.4 Å². The molecule has 4 heterocycles. The SMILES string of the molecule is O=C(Cc1ccc2cn[nH]c2c1)N[C@H]1CN2CCC1CC2. The first-order valence-electron chi connectivity index (χ1n) is 7.72. The molecule has 0 aliphatic carbocycles. The molecule has 2 aromatic rings. The molecule has 5 rings (SSSR count).